The first kappa shape index (κ1) is 18.3. The summed E-state index contributed by atoms with van der Waals surface area (Å²) in [5.41, 5.74) is 0. The summed E-state index contributed by atoms with van der Waals surface area (Å²) >= 11 is 0. The van der Waals surface area contributed by atoms with Crippen LogP contribution >= 0.6 is 0 Å². The van der Waals surface area contributed by atoms with E-state index < -0.39 is 10.0 Å². The molecule has 140 valence electrons. The van der Waals surface area contributed by atoms with E-state index in [0.717, 1.165) is 6.42 Å². The number of nitrogens with zero attached hydrogens (tertiary/aromatic N) is 4. The Hall–Kier alpha value is -1.45. The summed E-state index contributed by atoms with van der Waals surface area (Å²) in [5, 5.41) is 0.0562. The Morgan fingerprint density at radius 3 is 2.64 bits per heavy atom. The van der Waals surface area contributed by atoms with E-state index in [4.69, 9.17) is 4.74 Å². The van der Waals surface area contributed by atoms with E-state index in [1.807, 2.05) is 13.8 Å². The van der Waals surface area contributed by atoms with E-state index in [9.17, 15) is 13.2 Å². The number of morpholine rings is 1. The maximum atomic E-state index is 12.9. The van der Waals surface area contributed by atoms with Crippen molar-refractivity contribution in [3.63, 3.8) is 0 Å². The number of hydrogen-bond donors (Lipinski definition) is 0. The van der Waals surface area contributed by atoms with Crippen molar-refractivity contribution in [3.8, 4) is 0 Å². The molecular weight excluding hydrogens is 344 g/mol. The molecule has 1 aromatic heterocycles. The van der Waals surface area contributed by atoms with Gasteiger partial charge in [-0.15, -0.1) is 0 Å². The van der Waals surface area contributed by atoms with Gasteiger partial charge in [0.15, 0.2) is 5.03 Å². The summed E-state index contributed by atoms with van der Waals surface area (Å²) in [6, 6.07) is 0.147. The van der Waals surface area contributed by atoms with Crippen molar-refractivity contribution in [1.29, 1.82) is 0 Å². The summed E-state index contributed by atoms with van der Waals surface area (Å²) in [5.74, 6) is -0.246. The Bertz CT molecular complexity index is 709. The first-order valence-electron chi connectivity index (χ1n) is 8.79. The van der Waals surface area contributed by atoms with Crippen LogP contribution < -0.4 is 0 Å². The van der Waals surface area contributed by atoms with Crippen LogP contribution in [-0.4, -0.2) is 72.5 Å². The number of ether oxygens (including phenoxy) is 1. The maximum Gasteiger partial charge on any atom is 0.262 e. The van der Waals surface area contributed by atoms with Crippen molar-refractivity contribution in [2.75, 3.05) is 39.4 Å². The smallest absolute Gasteiger partial charge is 0.262 e. The molecular formula is C16H26N4O4S. The number of piperidine rings is 1. The minimum Gasteiger partial charge on any atom is -0.378 e. The molecule has 0 saturated carbocycles. The normalized spacial score (nSPS) is 23.2. The van der Waals surface area contributed by atoms with Crippen LogP contribution in [0.3, 0.4) is 0 Å². The van der Waals surface area contributed by atoms with E-state index in [1.54, 1.807) is 15.7 Å². The molecule has 0 N–H and O–H groups in total. The summed E-state index contributed by atoms with van der Waals surface area (Å²) < 4.78 is 34.2. The highest BCUT2D eigenvalue weighted by molar-refractivity contribution is 7.89. The van der Waals surface area contributed by atoms with E-state index in [1.165, 1.54) is 10.6 Å². The van der Waals surface area contributed by atoms with Gasteiger partial charge < -0.3 is 14.2 Å². The Balaban J connectivity index is 1.72. The predicted octanol–water partition coefficient (Wildman–Crippen LogP) is 0.724. The Labute approximate surface area is 148 Å². The second-order valence-electron chi connectivity index (χ2n) is 6.89. The molecule has 2 saturated heterocycles. The third-order valence-corrected chi connectivity index (χ3v) is 6.59. The molecule has 25 heavy (non-hydrogen) atoms. The summed E-state index contributed by atoms with van der Waals surface area (Å²) in [4.78, 5) is 18.5. The van der Waals surface area contributed by atoms with Gasteiger partial charge in [0.1, 0.15) is 0 Å². The number of carbonyl (C=O) groups excluding carboxylic acids is 1. The third-order valence-electron chi connectivity index (χ3n) is 4.83. The van der Waals surface area contributed by atoms with Crippen LogP contribution in [0.2, 0.25) is 0 Å². The lowest BCUT2D eigenvalue weighted by Crippen LogP contribution is -2.49. The van der Waals surface area contributed by atoms with Crippen LogP contribution in [0.25, 0.3) is 0 Å². The van der Waals surface area contributed by atoms with Gasteiger partial charge in [0.05, 0.1) is 25.5 Å². The van der Waals surface area contributed by atoms with E-state index >= 15 is 0 Å². The molecule has 0 aromatic carbocycles. The second-order valence-corrected chi connectivity index (χ2v) is 8.78. The highest BCUT2D eigenvalue weighted by Crippen LogP contribution is 2.25. The minimum atomic E-state index is -3.67. The molecule has 0 unspecified atom stereocenters. The van der Waals surface area contributed by atoms with Gasteiger partial charge in [0, 0.05) is 38.4 Å². The SMILES string of the molecule is CC(C)n1cnc(S(=O)(=O)N2CCC[C@@H](C(=O)N3CCOCC3)C2)c1. The van der Waals surface area contributed by atoms with E-state index in [2.05, 4.69) is 4.98 Å². The standard InChI is InChI=1S/C16H26N4O4S/c1-13(2)19-11-15(17-12-19)25(22,23)20-5-3-4-14(10-20)16(21)18-6-8-24-9-7-18/h11-14H,3-10H2,1-2H3/t14-/m1/s1. The Morgan fingerprint density at radius 1 is 1.28 bits per heavy atom. The fourth-order valence-corrected chi connectivity index (χ4v) is 4.72. The van der Waals surface area contributed by atoms with Crippen molar-refractivity contribution in [3.05, 3.63) is 12.5 Å². The fraction of sp³-hybridized carbons (Fsp3) is 0.750. The molecule has 2 aliphatic heterocycles. The van der Waals surface area contributed by atoms with Gasteiger partial charge in [-0.25, -0.2) is 13.4 Å². The zero-order valence-corrected chi connectivity index (χ0v) is 15.6. The minimum absolute atomic E-state index is 0.0379. The van der Waals surface area contributed by atoms with Crippen molar-refractivity contribution in [2.45, 2.75) is 37.8 Å². The molecule has 0 spiro atoms. The van der Waals surface area contributed by atoms with Gasteiger partial charge in [-0.3, -0.25) is 4.79 Å². The molecule has 2 fully saturated rings. The lowest BCUT2D eigenvalue weighted by molar-refractivity contribution is -0.140. The average Bonchev–Trinajstić information content (AvgIpc) is 3.13. The molecule has 1 aromatic rings. The highest BCUT2D eigenvalue weighted by Gasteiger charge is 2.36. The van der Waals surface area contributed by atoms with Crippen LogP contribution in [-0.2, 0) is 19.6 Å². The van der Waals surface area contributed by atoms with Crippen LogP contribution in [0, 0.1) is 5.92 Å². The Kier molecular flexibility index (Phi) is 5.45. The largest absolute Gasteiger partial charge is 0.378 e. The lowest BCUT2D eigenvalue weighted by Gasteiger charge is -2.35. The van der Waals surface area contributed by atoms with Crippen molar-refractivity contribution in [2.24, 2.45) is 5.92 Å². The monoisotopic (exact) mass is 370 g/mol. The molecule has 1 amide bonds. The zero-order chi connectivity index (χ0) is 18.0. The average molecular weight is 370 g/mol. The number of sulfonamides is 1. The van der Waals surface area contributed by atoms with Crippen LogP contribution in [0.15, 0.2) is 17.6 Å². The van der Waals surface area contributed by atoms with Gasteiger partial charge >= 0.3 is 0 Å². The molecule has 0 radical (unpaired) electrons. The van der Waals surface area contributed by atoms with Gasteiger partial charge in [-0.1, -0.05) is 0 Å². The first-order chi connectivity index (χ1) is 11.9. The van der Waals surface area contributed by atoms with E-state index in [0.29, 0.717) is 39.3 Å². The Morgan fingerprint density at radius 2 is 2.00 bits per heavy atom. The number of imidazole rings is 1. The number of amides is 1. The molecule has 1 atom stereocenters. The fourth-order valence-electron chi connectivity index (χ4n) is 3.27. The van der Waals surface area contributed by atoms with E-state index in [-0.39, 0.29) is 29.4 Å². The zero-order valence-electron chi connectivity index (χ0n) is 14.8. The second kappa shape index (κ2) is 7.43. The molecule has 0 bridgehead atoms. The molecule has 3 heterocycles. The summed E-state index contributed by atoms with van der Waals surface area (Å²) in [7, 11) is -3.67. The van der Waals surface area contributed by atoms with Gasteiger partial charge in [-0.2, -0.15) is 4.31 Å². The highest BCUT2D eigenvalue weighted by atomic mass is 32.2. The molecule has 0 aliphatic carbocycles. The number of hydrogen-bond acceptors (Lipinski definition) is 5. The summed E-state index contributed by atoms with van der Waals surface area (Å²) in [6.45, 7) is 6.87. The van der Waals surface area contributed by atoms with Crippen molar-refractivity contribution >= 4 is 15.9 Å². The number of carbonyl (C=O) groups is 1. The predicted molar refractivity (Wildman–Crippen MR) is 91.5 cm³/mol. The van der Waals surface area contributed by atoms with Crippen molar-refractivity contribution in [1.82, 2.24) is 18.8 Å². The van der Waals surface area contributed by atoms with Gasteiger partial charge in [0.2, 0.25) is 5.91 Å². The maximum absolute atomic E-state index is 12.9. The molecule has 9 heteroatoms. The van der Waals surface area contributed by atoms with Crippen LogP contribution in [0.4, 0.5) is 0 Å². The van der Waals surface area contributed by atoms with Crippen LogP contribution in [0.1, 0.15) is 32.7 Å². The molecule has 3 rings (SSSR count). The third kappa shape index (κ3) is 3.88. The van der Waals surface area contributed by atoms with Gasteiger partial charge in [-0.05, 0) is 26.7 Å². The molecule has 2 aliphatic rings. The quantitative estimate of drug-likeness (QED) is 0.780. The number of rotatable bonds is 4. The lowest BCUT2D eigenvalue weighted by atomic mass is 9.98. The van der Waals surface area contributed by atoms with Crippen LogP contribution in [0.5, 0.6) is 0 Å². The first-order valence-corrected chi connectivity index (χ1v) is 10.2. The topological polar surface area (TPSA) is 84.7 Å². The number of aromatic nitrogens is 2. The van der Waals surface area contributed by atoms with Crippen molar-refractivity contribution < 1.29 is 17.9 Å². The van der Waals surface area contributed by atoms with Gasteiger partial charge in [0.25, 0.3) is 10.0 Å². The summed E-state index contributed by atoms with van der Waals surface area (Å²) in [6.07, 6.45) is 4.51. The molecule has 8 nitrogen and oxygen atoms in total.